The lowest BCUT2D eigenvalue weighted by Crippen LogP contribution is -2.47. The molecule has 148 valence electrons. The van der Waals surface area contributed by atoms with Crippen molar-refractivity contribution in [1.82, 2.24) is 9.88 Å². The number of aromatic hydroxyl groups is 1. The van der Waals surface area contributed by atoms with E-state index >= 15 is 0 Å². The van der Waals surface area contributed by atoms with Gasteiger partial charge in [0, 0.05) is 25.8 Å². The second-order valence-corrected chi connectivity index (χ2v) is 6.74. The van der Waals surface area contributed by atoms with Crippen molar-refractivity contribution in [2.75, 3.05) is 19.8 Å². The Balaban J connectivity index is 1.77. The van der Waals surface area contributed by atoms with Crippen LogP contribution in [0.2, 0.25) is 0 Å². The summed E-state index contributed by atoms with van der Waals surface area (Å²) in [5.41, 5.74) is 1.18. The lowest BCUT2D eigenvalue weighted by Gasteiger charge is -2.36. The van der Waals surface area contributed by atoms with Crippen molar-refractivity contribution in [2.24, 2.45) is 0 Å². The van der Waals surface area contributed by atoms with Crippen LogP contribution in [0.15, 0.2) is 36.5 Å². The van der Waals surface area contributed by atoms with Gasteiger partial charge in [-0.3, -0.25) is 14.6 Å². The largest absolute Gasteiger partial charge is 0.507 e. The van der Waals surface area contributed by atoms with Gasteiger partial charge in [-0.1, -0.05) is 6.07 Å². The number of hydrogen-bond acceptors (Lipinski definition) is 6. The summed E-state index contributed by atoms with van der Waals surface area (Å²) >= 11 is 0. The average Bonchev–Trinajstić information content (AvgIpc) is 2.72. The van der Waals surface area contributed by atoms with Crippen LogP contribution in [-0.2, 0) is 6.42 Å². The maximum Gasteiger partial charge on any atom is 0.256 e. The van der Waals surface area contributed by atoms with E-state index < -0.39 is 0 Å². The van der Waals surface area contributed by atoms with Gasteiger partial charge in [0.15, 0.2) is 6.29 Å². The third kappa shape index (κ3) is 4.31. The van der Waals surface area contributed by atoms with Crippen molar-refractivity contribution >= 4 is 12.2 Å². The molecule has 0 unspecified atom stereocenters. The molecule has 0 spiro atoms. The molecule has 0 aliphatic carbocycles. The Morgan fingerprint density at radius 2 is 2.14 bits per heavy atom. The Hall–Kier alpha value is -2.93. The number of likely N-dealkylation sites (tertiary alicyclic amines) is 1. The minimum Gasteiger partial charge on any atom is -0.507 e. The monoisotopic (exact) mass is 384 g/mol. The number of aliphatic hydroxyl groups excluding tert-OH is 1. The summed E-state index contributed by atoms with van der Waals surface area (Å²) in [5, 5.41) is 19.0. The first kappa shape index (κ1) is 19.8. The molecule has 3 rings (SSSR count). The highest BCUT2D eigenvalue weighted by Crippen LogP contribution is 2.27. The number of nitrogens with zero attached hydrogens (tertiary/aromatic N) is 2. The predicted octanol–water partition coefficient (Wildman–Crippen LogP) is 2.21. The fourth-order valence-corrected chi connectivity index (χ4v) is 3.50. The van der Waals surface area contributed by atoms with Crippen LogP contribution in [0.5, 0.6) is 11.5 Å². The van der Waals surface area contributed by atoms with Crippen molar-refractivity contribution in [3.05, 3.63) is 53.3 Å². The summed E-state index contributed by atoms with van der Waals surface area (Å²) in [6.45, 7) is 0.766. The van der Waals surface area contributed by atoms with E-state index in [1.165, 1.54) is 6.07 Å². The van der Waals surface area contributed by atoms with E-state index in [2.05, 4.69) is 4.98 Å². The Morgan fingerprint density at radius 1 is 1.29 bits per heavy atom. The smallest absolute Gasteiger partial charge is 0.256 e. The summed E-state index contributed by atoms with van der Waals surface area (Å²) in [6, 6.07) is 7.96. The standard InChI is InChI=1S/C21H24N2O5/c24-12-9-18-16(6-4-10-22-18)21(27)23-11-2-1-5-15(23)14-28-20-8-3-7-19(26)17(20)13-25/h3-4,6-8,10,13,15,24,26H,1-2,5,9,11-12,14H2/t15-/m1/s1. The number of aldehydes is 1. The number of carbonyl (C=O) groups excluding carboxylic acids is 2. The first-order chi connectivity index (χ1) is 13.7. The summed E-state index contributed by atoms with van der Waals surface area (Å²) in [6.07, 6.45) is 5.17. The lowest BCUT2D eigenvalue weighted by atomic mass is 10.0. The Kier molecular flexibility index (Phi) is 6.60. The molecule has 0 radical (unpaired) electrons. The Bertz CT molecular complexity index is 839. The Morgan fingerprint density at radius 3 is 2.93 bits per heavy atom. The molecule has 0 bridgehead atoms. The van der Waals surface area contributed by atoms with Crippen LogP contribution in [0.25, 0.3) is 0 Å². The maximum absolute atomic E-state index is 13.1. The number of aromatic nitrogens is 1. The first-order valence-corrected chi connectivity index (χ1v) is 9.41. The van der Waals surface area contributed by atoms with Crippen molar-refractivity contribution in [1.29, 1.82) is 0 Å². The van der Waals surface area contributed by atoms with E-state index in [9.17, 15) is 19.8 Å². The van der Waals surface area contributed by atoms with Crippen LogP contribution in [0.3, 0.4) is 0 Å². The molecule has 2 aromatic rings. The topological polar surface area (TPSA) is 100.0 Å². The van der Waals surface area contributed by atoms with Crippen molar-refractivity contribution in [3.63, 3.8) is 0 Å². The van der Waals surface area contributed by atoms with Crippen LogP contribution in [0.1, 0.15) is 45.7 Å². The molecule has 7 heteroatoms. The van der Waals surface area contributed by atoms with Crippen molar-refractivity contribution in [3.8, 4) is 11.5 Å². The second-order valence-electron chi connectivity index (χ2n) is 6.74. The number of rotatable bonds is 7. The third-order valence-electron chi connectivity index (χ3n) is 4.95. The number of benzene rings is 1. The fraction of sp³-hybridized carbons (Fsp3) is 0.381. The van der Waals surface area contributed by atoms with Crippen LogP contribution >= 0.6 is 0 Å². The molecule has 1 aromatic carbocycles. The van der Waals surface area contributed by atoms with Gasteiger partial charge in [-0.15, -0.1) is 0 Å². The van der Waals surface area contributed by atoms with Gasteiger partial charge in [-0.05, 0) is 43.5 Å². The van der Waals surface area contributed by atoms with Gasteiger partial charge in [-0.25, -0.2) is 0 Å². The highest BCUT2D eigenvalue weighted by Gasteiger charge is 2.29. The second kappa shape index (κ2) is 9.32. The zero-order valence-electron chi connectivity index (χ0n) is 15.6. The molecule has 0 saturated carbocycles. The number of phenolic OH excluding ortho intramolecular Hbond substituents is 1. The molecule has 1 aliphatic heterocycles. The molecule has 1 saturated heterocycles. The summed E-state index contributed by atoms with van der Waals surface area (Å²) in [5.74, 6) is 0.0415. The zero-order chi connectivity index (χ0) is 19.9. The van der Waals surface area contributed by atoms with E-state index in [1.807, 2.05) is 0 Å². The molecule has 1 fully saturated rings. The van der Waals surface area contributed by atoms with E-state index in [0.29, 0.717) is 36.3 Å². The molecule has 2 N–H and O–H groups in total. The van der Waals surface area contributed by atoms with Gasteiger partial charge in [0.2, 0.25) is 0 Å². The van der Waals surface area contributed by atoms with Gasteiger partial charge in [0.05, 0.1) is 22.9 Å². The van der Waals surface area contributed by atoms with Crippen molar-refractivity contribution < 1.29 is 24.5 Å². The number of hydrogen-bond donors (Lipinski definition) is 2. The van der Waals surface area contributed by atoms with Gasteiger partial charge in [0.1, 0.15) is 18.1 Å². The summed E-state index contributed by atoms with van der Waals surface area (Å²) in [4.78, 5) is 30.4. The fourth-order valence-electron chi connectivity index (χ4n) is 3.50. The van der Waals surface area contributed by atoms with E-state index in [-0.39, 0.29) is 36.5 Å². The zero-order valence-corrected chi connectivity index (χ0v) is 15.6. The predicted molar refractivity (Wildman–Crippen MR) is 103 cm³/mol. The Labute approximate surface area is 163 Å². The van der Waals surface area contributed by atoms with Gasteiger partial charge >= 0.3 is 0 Å². The molecule has 28 heavy (non-hydrogen) atoms. The first-order valence-electron chi connectivity index (χ1n) is 9.41. The molecule has 2 heterocycles. The van der Waals surface area contributed by atoms with Crippen LogP contribution in [0, 0.1) is 0 Å². The maximum atomic E-state index is 13.1. The quantitative estimate of drug-likeness (QED) is 0.710. The van der Waals surface area contributed by atoms with E-state index in [1.54, 1.807) is 35.4 Å². The van der Waals surface area contributed by atoms with Crippen molar-refractivity contribution in [2.45, 2.75) is 31.7 Å². The number of aliphatic hydroxyl groups is 1. The number of amides is 1. The third-order valence-corrected chi connectivity index (χ3v) is 4.95. The molecular weight excluding hydrogens is 360 g/mol. The number of piperidine rings is 1. The normalized spacial score (nSPS) is 16.6. The SMILES string of the molecule is O=Cc1c(O)cccc1OC[C@H]1CCCCN1C(=O)c1cccnc1CCO. The average molecular weight is 384 g/mol. The van der Waals surface area contributed by atoms with Gasteiger partial charge < -0.3 is 19.8 Å². The minimum absolute atomic E-state index is 0.0736. The van der Waals surface area contributed by atoms with Crippen LogP contribution in [0.4, 0.5) is 0 Å². The number of pyridine rings is 1. The number of ether oxygens (including phenoxy) is 1. The van der Waals surface area contributed by atoms with Gasteiger partial charge in [0.25, 0.3) is 5.91 Å². The summed E-state index contributed by atoms with van der Waals surface area (Å²) < 4.78 is 5.80. The van der Waals surface area contributed by atoms with Crippen LogP contribution in [-0.4, -0.2) is 58.1 Å². The summed E-state index contributed by atoms with van der Waals surface area (Å²) in [7, 11) is 0. The highest BCUT2D eigenvalue weighted by molar-refractivity contribution is 5.95. The molecular formula is C21H24N2O5. The molecule has 1 aromatic heterocycles. The van der Waals surface area contributed by atoms with Gasteiger partial charge in [-0.2, -0.15) is 0 Å². The van der Waals surface area contributed by atoms with E-state index in [4.69, 9.17) is 4.74 Å². The lowest BCUT2D eigenvalue weighted by molar-refractivity contribution is 0.0525. The number of phenols is 1. The van der Waals surface area contributed by atoms with Crippen LogP contribution < -0.4 is 4.74 Å². The number of carbonyl (C=O) groups is 2. The molecule has 1 amide bonds. The molecule has 1 aliphatic rings. The molecule has 7 nitrogen and oxygen atoms in total. The highest BCUT2D eigenvalue weighted by atomic mass is 16.5. The van der Waals surface area contributed by atoms with E-state index in [0.717, 1.165) is 19.3 Å². The minimum atomic E-state index is -0.148. The molecule has 1 atom stereocenters.